The third-order valence-electron chi connectivity index (χ3n) is 6.69. The average Bonchev–Trinajstić information content (AvgIpc) is 3.03. The van der Waals surface area contributed by atoms with E-state index in [4.69, 9.17) is 23.7 Å². The van der Waals surface area contributed by atoms with Gasteiger partial charge in [0, 0.05) is 11.3 Å². The summed E-state index contributed by atoms with van der Waals surface area (Å²) in [4.78, 5) is 24.6. The molecule has 2 amide bonds. The Balaban J connectivity index is 1.39. The quantitative estimate of drug-likeness (QED) is 0.0813. The molecule has 0 aromatic heterocycles. The number of halogens is 2. The van der Waals surface area contributed by atoms with Crippen LogP contribution in [0, 0.1) is 5.82 Å². The predicted octanol–water partition coefficient (Wildman–Crippen LogP) is 4.70. The van der Waals surface area contributed by atoms with Gasteiger partial charge in [0.05, 0.1) is 43.1 Å². The Bertz CT molecular complexity index is 1630. The summed E-state index contributed by atoms with van der Waals surface area (Å²) in [5, 5.41) is 19.9. The molecule has 1 aliphatic rings. The summed E-state index contributed by atoms with van der Waals surface area (Å²) >= 11 is 3.46. The number of methoxy groups -OCH3 is 2. The highest BCUT2D eigenvalue weighted by atomic mass is 79.9. The first kappa shape index (κ1) is 34.1. The van der Waals surface area contributed by atoms with Crippen molar-refractivity contribution in [2.75, 3.05) is 27.4 Å². The van der Waals surface area contributed by atoms with Crippen molar-refractivity contribution < 1.29 is 42.8 Å². The van der Waals surface area contributed by atoms with Crippen molar-refractivity contribution in [3.05, 3.63) is 92.8 Å². The van der Waals surface area contributed by atoms with E-state index in [0.717, 1.165) is 0 Å². The minimum Gasteiger partial charge on any atom is -0.493 e. The van der Waals surface area contributed by atoms with Gasteiger partial charge in [-0.1, -0.05) is 24.3 Å². The molecule has 0 spiro atoms. The van der Waals surface area contributed by atoms with Crippen molar-refractivity contribution in [3.63, 3.8) is 0 Å². The van der Waals surface area contributed by atoms with Gasteiger partial charge in [-0.15, -0.1) is 0 Å². The molecule has 3 aromatic rings. The van der Waals surface area contributed by atoms with Gasteiger partial charge < -0.3 is 39.4 Å². The first-order valence-corrected chi connectivity index (χ1v) is 14.9. The fraction of sp³-hybridized carbons (Fsp3) is 0.281. The van der Waals surface area contributed by atoms with E-state index in [2.05, 4.69) is 37.1 Å². The van der Waals surface area contributed by atoms with Crippen molar-refractivity contribution in [1.29, 1.82) is 0 Å². The number of carbonyl (C=O) groups excluding carboxylic acids is 2. The lowest BCUT2D eigenvalue weighted by Crippen LogP contribution is -2.45. The number of hydrazone groups is 1. The molecule has 1 heterocycles. The Morgan fingerprint density at radius 1 is 1.11 bits per heavy atom. The van der Waals surface area contributed by atoms with Gasteiger partial charge in [0.2, 0.25) is 0 Å². The first-order chi connectivity index (χ1) is 22.1. The van der Waals surface area contributed by atoms with Crippen LogP contribution in [0.3, 0.4) is 0 Å². The number of nitrogens with zero attached hydrogens (tertiary/aromatic N) is 1. The smallest absolute Gasteiger partial charge is 0.337 e. The van der Waals surface area contributed by atoms with E-state index in [1.807, 2.05) is 0 Å². The zero-order valence-corrected chi connectivity index (χ0v) is 27.1. The van der Waals surface area contributed by atoms with Crippen molar-refractivity contribution in [1.82, 2.24) is 16.1 Å². The number of rotatable bonds is 14. The van der Waals surface area contributed by atoms with Gasteiger partial charge in [0.1, 0.15) is 19.0 Å². The van der Waals surface area contributed by atoms with Crippen molar-refractivity contribution in [2.45, 2.75) is 32.7 Å². The van der Waals surface area contributed by atoms with Gasteiger partial charge in [-0.25, -0.2) is 14.0 Å². The molecule has 4 rings (SSSR count). The molecule has 0 saturated carbocycles. The number of hydrogen-bond donors (Lipinski definition) is 4. The molecule has 1 aliphatic heterocycles. The number of hydrogen-bond acceptors (Lipinski definition) is 10. The van der Waals surface area contributed by atoms with E-state index in [1.54, 1.807) is 62.4 Å². The monoisotopic (exact) mass is 700 g/mol. The van der Waals surface area contributed by atoms with Crippen LogP contribution in [0.25, 0.3) is 0 Å². The third-order valence-corrected chi connectivity index (χ3v) is 7.28. The van der Waals surface area contributed by atoms with Crippen molar-refractivity contribution in [3.8, 4) is 23.0 Å². The summed E-state index contributed by atoms with van der Waals surface area (Å²) in [6.07, 6.45) is 0.276. The van der Waals surface area contributed by atoms with E-state index in [-0.39, 0.29) is 24.6 Å². The van der Waals surface area contributed by atoms with Crippen molar-refractivity contribution >= 4 is 34.1 Å². The molecule has 12 nitrogen and oxygen atoms in total. The van der Waals surface area contributed by atoms with E-state index in [0.29, 0.717) is 56.5 Å². The molecule has 0 unspecified atom stereocenters. The van der Waals surface area contributed by atoms with Crippen LogP contribution in [0.1, 0.15) is 36.6 Å². The maximum atomic E-state index is 14.0. The van der Waals surface area contributed by atoms with E-state index in [9.17, 15) is 19.1 Å². The summed E-state index contributed by atoms with van der Waals surface area (Å²) in [7, 11) is 2.75. The molecule has 0 radical (unpaired) electrons. The van der Waals surface area contributed by atoms with Gasteiger partial charge in [0.15, 0.2) is 29.2 Å². The highest BCUT2D eigenvalue weighted by Crippen LogP contribution is 2.37. The highest BCUT2D eigenvalue weighted by Gasteiger charge is 2.32. The molecule has 3 aromatic carbocycles. The average molecular weight is 702 g/mol. The minimum atomic E-state index is -1.20. The minimum absolute atomic E-state index is 0.0103. The molecular formula is C32H34BrFN4O8. The van der Waals surface area contributed by atoms with Crippen LogP contribution in [0.15, 0.2) is 75.4 Å². The second-order valence-electron chi connectivity index (χ2n) is 9.83. The van der Waals surface area contributed by atoms with E-state index < -0.39 is 24.3 Å². The molecule has 0 fully saturated rings. The van der Waals surface area contributed by atoms with Gasteiger partial charge in [-0.3, -0.25) is 5.43 Å². The summed E-state index contributed by atoms with van der Waals surface area (Å²) in [5.41, 5.74) is 4.82. The van der Waals surface area contributed by atoms with E-state index >= 15 is 0 Å². The molecular weight excluding hydrogens is 667 g/mol. The largest absolute Gasteiger partial charge is 0.493 e. The second-order valence-corrected chi connectivity index (χ2v) is 10.7. The fourth-order valence-corrected chi connectivity index (χ4v) is 5.11. The molecule has 0 aliphatic carbocycles. The molecule has 244 valence electrons. The number of aliphatic hydroxyl groups excluding tert-OH is 1. The number of aliphatic hydroxyl groups is 1. The van der Waals surface area contributed by atoms with Crippen LogP contribution in [-0.4, -0.2) is 57.0 Å². The lowest BCUT2D eigenvalue weighted by Gasteiger charge is -2.28. The molecule has 0 saturated heterocycles. The normalized spacial score (nSPS) is 15.1. The third kappa shape index (κ3) is 8.46. The Labute approximate surface area is 273 Å². The number of allylic oxidation sites excluding steroid dienone is 1. The lowest BCUT2D eigenvalue weighted by atomic mass is 9.95. The highest BCUT2D eigenvalue weighted by molar-refractivity contribution is 9.10. The van der Waals surface area contributed by atoms with Crippen LogP contribution >= 0.6 is 15.9 Å². The van der Waals surface area contributed by atoms with Gasteiger partial charge in [-0.05, 0) is 71.2 Å². The molecule has 2 atom stereocenters. The fourth-order valence-electron chi connectivity index (χ4n) is 4.54. The second kappa shape index (κ2) is 16.0. The summed E-state index contributed by atoms with van der Waals surface area (Å²) in [6, 6.07) is 13.5. The summed E-state index contributed by atoms with van der Waals surface area (Å²) in [5.74, 6) is 0.523. The summed E-state index contributed by atoms with van der Waals surface area (Å²) in [6.45, 7) is 3.55. The van der Waals surface area contributed by atoms with Crippen LogP contribution in [-0.2, 0) is 16.1 Å². The van der Waals surface area contributed by atoms with Gasteiger partial charge >= 0.3 is 12.0 Å². The SMILES string of the molecule is CCOc1cc([C@@H]2NC(=O)NC(C)=C2C(=O)OC)ccc1OC[C@H](O)N/N=C\c1cc(Br)c(OCc2ccccc2F)c(OC)c1. The maximum Gasteiger partial charge on any atom is 0.337 e. The van der Waals surface area contributed by atoms with Crippen LogP contribution in [0.2, 0.25) is 0 Å². The Morgan fingerprint density at radius 3 is 2.61 bits per heavy atom. The Hall–Kier alpha value is -4.82. The Kier molecular flexibility index (Phi) is 11.8. The first-order valence-electron chi connectivity index (χ1n) is 14.1. The molecule has 46 heavy (non-hydrogen) atoms. The van der Waals surface area contributed by atoms with Gasteiger partial charge in [-0.2, -0.15) is 5.10 Å². The molecule has 0 bridgehead atoms. The number of benzene rings is 3. The maximum absolute atomic E-state index is 14.0. The van der Waals surface area contributed by atoms with Crippen molar-refractivity contribution in [2.24, 2.45) is 5.10 Å². The summed E-state index contributed by atoms with van der Waals surface area (Å²) < 4.78 is 42.3. The standard InChI is InChI=1S/C32H34BrFN4O8/c1-5-44-25-14-20(29-28(31(40)43-4)18(2)36-32(41)37-29)10-11-24(25)45-17-27(39)38-35-15-19-12-22(33)30(26(13-19)42-3)46-16-21-8-6-7-9-23(21)34/h6-15,27,29,38-39H,5,16-17H2,1-4H3,(H2,36,37,41)/b35-15-/t27-,29-/m0/s1. The number of nitrogens with one attached hydrogen (secondary N) is 3. The number of ether oxygens (including phenoxy) is 5. The zero-order valence-electron chi connectivity index (χ0n) is 25.6. The molecule has 14 heteroatoms. The van der Waals surface area contributed by atoms with E-state index in [1.165, 1.54) is 26.5 Å². The lowest BCUT2D eigenvalue weighted by molar-refractivity contribution is -0.136. The number of carbonyl (C=O) groups is 2. The number of esters is 1. The topological polar surface area (TPSA) is 149 Å². The molecule has 4 N–H and O–H groups in total. The van der Waals surface area contributed by atoms with Crippen LogP contribution in [0.5, 0.6) is 23.0 Å². The van der Waals surface area contributed by atoms with Crippen LogP contribution in [0.4, 0.5) is 9.18 Å². The zero-order chi connectivity index (χ0) is 33.2. The predicted molar refractivity (Wildman–Crippen MR) is 170 cm³/mol. The number of urea groups is 1. The number of amides is 2. The van der Waals surface area contributed by atoms with Crippen LogP contribution < -0.4 is 35.0 Å². The Morgan fingerprint density at radius 2 is 1.89 bits per heavy atom. The van der Waals surface area contributed by atoms with Gasteiger partial charge in [0.25, 0.3) is 0 Å².